The highest BCUT2D eigenvalue weighted by Crippen LogP contribution is 2.25. The van der Waals surface area contributed by atoms with E-state index in [9.17, 15) is 19.5 Å². The third kappa shape index (κ3) is 8.73. The molecule has 0 saturated carbocycles. The van der Waals surface area contributed by atoms with Crippen molar-refractivity contribution in [3.8, 4) is 5.75 Å². The van der Waals surface area contributed by atoms with Gasteiger partial charge in [-0.2, -0.15) is 0 Å². The first-order valence-electron chi connectivity index (χ1n) is 11.8. The first-order valence-corrected chi connectivity index (χ1v) is 11.8. The molecule has 1 aromatic heterocycles. The maximum Gasteiger partial charge on any atom is 0.267 e. The maximum absolute atomic E-state index is 12.0. The van der Waals surface area contributed by atoms with Crippen LogP contribution < -0.4 is 17.0 Å². The second kappa shape index (κ2) is 15.1. The summed E-state index contributed by atoms with van der Waals surface area (Å²) in [6, 6.07) is 6.84. The molecule has 2 amide bonds. The molecular formula is C25H39N3O4. The van der Waals surface area contributed by atoms with Crippen LogP contribution in [-0.2, 0) is 11.3 Å². The standard InChI is InChI=1S/C13H27NO.C12H12N2O3/c1-2-3-4-5-6-7-8-9-10-11-12-13(14)15;1-2-14-8-6-4-3-5-7(8)10(15)9(11(13)16)12(14)17/h2-12H2,1H3,(H2,14,15);3-6,15H,2H2,1H3,(H2,13,16). The Bertz CT molecular complexity index is 921. The van der Waals surface area contributed by atoms with Crippen molar-refractivity contribution in [3.63, 3.8) is 0 Å². The van der Waals surface area contributed by atoms with E-state index in [0.717, 1.165) is 12.8 Å². The molecule has 0 aliphatic heterocycles. The first-order chi connectivity index (χ1) is 15.3. The summed E-state index contributed by atoms with van der Waals surface area (Å²) >= 11 is 0. The number of aryl methyl sites for hydroxylation is 1. The summed E-state index contributed by atoms with van der Waals surface area (Å²) < 4.78 is 1.41. The van der Waals surface area contributed by atoms with Crippen LogP contribution in [0.1, 0.15) is 94.8 Å². The molecule has 2 aromatic rings. The Balaban J connectivity index is 0.000000324. The van der Waals surface area contributed by atoms with Crippen LogP contribution in [0.5, 0.6) is 5.75 Å². The summed E-state index contributed by atoms with van der Waals surface area (Å²) in [5.41, 5.74) is 9.85. The van der Waals surface area contributed by atoms with E-state index in [1.807, 2.05) is 0 Å². The minimum Gasteiger partial charge on any atom is -0.506 e. The van der Waals surface area contributed by atoms with Gasteiger partial charge in [-0.05, 0) is 25.5 Å². The van der Waals surface area contributed by atoms with Crippen molar-refractivity contribution in [2.45, 2.75) is 91.0 Å². The van der Waals surface area contributed by atoms with Gasteiger partial charge >= 0.3 is 0 Å². The molecule has 0 aliphatic carbocycles. The third-order valence-electron chi connectivity index (χ3n) is 5.49. The number of amides is 2. The number of hydrogen-bond acceptors (Lipinski definition) is 4. The Kier molecular flexibility index (Phi) is 12.8. The van der Waals surface area contributed by atoms with E-state index in [2.05, 4.69) is 6.92 Å². The second-order valence-corrected chi connectivity index (χ2v) is 8.05. The van der Waals surface area contributed by atoms with Crippen molar-refractivity contribution in [2.75, 3.05) is 0 Å². The molecule has 0 spiro atoms. The van der Waals surface area contributed by atoms with Gasteiger partial charge < -0.3 is 21.1 Å². The van der Waals surface area contributed by atoms with Crippen LogP contribution in [0.15, 0.2) is 29.1 Å². The molecule has 0 fully saturated rings. The number of carbonyl (C=O) groups excluding carboxylic acids is 2. The molecule has 0 aliphatic rings. The van der Waals surface area contributed by atoms with Gasteiger partial charge in [0.25, 0.3) is 11.5 Å². The number of aromatic hydroxyl groups is 1. The van der Waals surface area contributed by atoms with E-state index in [0.29, 0.717) is 23.9 Å². The summed E-state index contributed by atoms with van der Waals surface area (Å²) in [5.74, 6) is -1.42. The quantitative estimate of drug-likeness (QED) is 0.389. The van der Waals surface area contributed by atoms with Crippen molar-refractivity contribution >= 4 is 22.7 Å². The molecule has 1 heterocycles. The molecule has 0 saturated heterocycles. The van der Waals surface area contributed by atoms with Crippen molar-refractivity contribution in [1.82, 2.24) is 4.57 Å². The number of fused-ring (bicyclic) bond motifs is 1. The molecular weight excluding hydrogens is 406 g/mol. The number of aromatic nitrogens is 1. The van der Waals surface area contributed by atoms with Gasteiger partial charge in [0.15, 0.2) is 0 Å². The predicted octanol–water partition coefficient (Wildman–Crippen LogP) is 4.61. The zero-order chi connectivity index (χ0) is 23.9. The molecule has 1 aromatic carbocycles. The number of rotatable bonds is 13. The van der Waals surface area contributed by atoms with Crippen LogP contribution in [0.4, 0.5) is 0 Å². The van der Waals surface area contributed by atoms with E-state index >= 15 is 0 Å². The third-order valence-corrected chi connectivity index (χ3v) is 5.49. The Labute approximate surface area is 190 Å². The average molecular weight is 446 g/mol. The molecule has 0 unspecified atom stereocenters. The molecule has 5 N–H and O–H groups in total. The fourth-order valence-electron chi connectivity index (χ4n) is 3.71. The minimum atomic E-state index is -0.916. The number of benzene rings is 1. The highest BCUT2D eigenvalue weighted by Gasteiger charge is 2.19. The Morgan fingerprint density at radius 2 is 1.41 bits per heavy atom. The lowest BCUT2D eigenvalue weighted by atomic mass is 10.1. The van der Waals surface area contributed by atoms with Gasteiger partial charge in [0.2, 0.25) is 5.91 Å². The highest BCUT2D eigenvalue weighted by molar-refractivity contribution is 6.01. The first kappa shape index (κ1) is 27.2. The maximum atomic E-state index is 12.0. The van der Waals surface area contributed by atoms with Crippen LogP contribution in [0.25, 0.3) is 10.9 Å². The number of primary amides is 2. The minimum absolute atomic E-state index is 0.158. The molecule has 0 radical (unpaired) electrons. The van der Waals surface area contributed by atoms with Gasteiger partial charge in [0.1, 0.15) is 11.3 Å². The van der Waals surface area contributed by atoms with Crippen LogP contribution in [0.3, 0.4) is 0 Å². The van der Waals surface area contributed by atoms with E-state index < -0.39 is 11.5 Å². The van der Waals surface area contributed by atoms with Crippen molar-refractivity contribution in [1.29, 1.82) is 0 Å². The van der Waals surface area contributed by atoms with Crippen molar-refractivity contribution in [3.05, 3.63) is 40.2 Å². The summed E-state index contributed by atoms with van der Waals surface area (Å²) in [7, 11) is 0. The fraction of sp³-hybridized carbons (Fsp3) is 0.560. The van der Waals surface area contributed by atoms with Gasteiger partial charge in [-0.3, -0.25) is 14.4 Å². The summed E-state index contributed by atoms with van der Waals surface area (Å²) in [6.07, 6.45) is 13.6. The van der Waals surface area contributed by atoms with Gasteiger partial charge in [-0.25, -0.2) is 0 Å². The van der Waals surface area contributed by atoms with Gasteiger partial charge in [-0.15, -0.1) is 0 Å². The van der Waals surface area contributed by atoms with Crippen molar-refractivity contribution in [2.24, 2.45) is 11.5 Å². The van der Waals surface area contributed by atoms with E-state index in [1.165, 1.54) is 55.9 Å². The Hall–Kier alpha value is -2.83. The summed E-state index contributed by atoms with van der Waals surface area (Å²) in [4.78, 5) is 33.6. The number of pyridine rings is 1. The predicted molar refractivity (Wildman–Crippen MR) is 130 cm³/mol. The van der Waals surface area contributed by atoms with E-state index in [1.54, 1.807) is 31.2 Å². The lowest BCUT2D eigenvalue weighted by molar-refractivity contribution is -0.118. The molecule has 32 heavy (non-hydrogen) atoms. The average Bonchev–Trinajstić information content (AvgIpc) is 2.75. The molecule has 7 heteroatoms. The fourth-order valence-corrected chi connectivity index (χ4v) is 3.71. The molecule has 178 valence electrons. The van der Waals surface area contributed by atoms with Crippen molar-refractivity contribution < 1.29 is 14.7 Å². The SMILES string of the molecule is CCCCCCCCCCCCC(N)=O.CCn1c(=O)c(C(N)=O)c(O)c2ccccc21. The summed E-state index contributed by atoms with van der Waals surface area (Å²) in [5, 5.41) is 10.4. The lowest BCUT2D eigenvalue weighted by Crippen LogP contribution is -2.29. The largest absolute Gasteiger partial charge is 0.506 e. The second-order valence-electron chi connectivity index (χ2n) is 8.05. The molecule has 2 rings (SSSR count). The zero-order valence-corrected chi connectivity index (χ0v) is 19.6. The number of hydrogen-bond donors (Lipinski definition) is 3. The topological polar surface area (TPSA) is 128 Å². The van der Waals surface area contributed by atoms with Crippen LogP contribution >= 0.6 is 0 Å². The van der Waals surface area contributed by atoms with Gasteiger partial charge in [0, 0.05) is 18.4 Å². The van der Waals surface area contributed by atoms with Crippen LogP contribution in [0.2, 0.25) is 0 Å². The van der Waals surface area contributed by atoms with Crippen LogP contribution in [-0.4, -0.2) is 21.5 Å². The lowest BCUT2D eigenvalue weighted by Gasteiger charge is -2.11. The zero-order valence-electron chi connectivity index (χ0n) is 19.6. The van der Waals surface area contributed by atoms with Gasteiger partial charge in [-0.1, -0.05) is 76.8 Å². The summed E-state index contributed by atoms with van der Waals surface area (Å²) in [6.45, 7) is 4.44. The normalized spacial score (nSPS) is 10.6. The Morgan fingerprint density at radius 3 is 1.91 bits per heavy atom. The number of para-hydroxylation sites is 1. The molecule has 0 atom stereocenters. The molecule has 7 nitrogen and oxygen atoms in total. The number of nitrogens with zero attached hydrogens (tertiary/aromatic N) is 1. The van der Waals surface area contributed by atoms with E-state index in [4.69, 9.17) is 11.5 Å². The smallest absolute Gasteiger partial charge is 0.267 e. The van der Waals surface area contributed by atoms with E-state index in [-0.39, 0.29) is 17.2 Å². The Morgan fingerprint density at radius 1 is 0.875 bits per heavy atom. The van der Waals surface area contributed by atoms with Gasteiger partial charge in [0.05, 0.1) is 5.52 Å². The number of unbranched alkanes of at least 4 members (excludes halogenated alkanes) is 9. The number of nitrogens with two attached hydrogens (primary N) is 2. The monoisotopic (exact) mass is 445 g/mol. The van der Waals surface area contributed by atoms with Crippen LogP contribution in [0, 0.1) is 0 Å². The number of carbonyl (C=O) groups is 2. The molecule has 0 bridgehead atoms. The highest BCUT2D eigenvalue weighted by atomic mass is 16.3.